The van der Waals surface area contributed by atoms with Crippen LogP contribution in [0.4, 0.5) is 0 Å². The van der Waals surface area contributed by atoms with Gasteiger partial charge in [0, 0.05) is 18.7 Å². The lowest BCUT2D eigenvalue weighted by Gasteiger charge is -2.16. The molecule has 0 aliphatic rings. The molecule has 22 heavy (non-hydrogen) atoms. The fourth-order valence-corrected chi connectivity index (χ4v) is 2.23. The van der Waals surface area contributed by atoms with Gasteiger partial charge >= 0.3 is 11.8 Å². The van der Waals surface area contributed by atoms with Crippen LogP contribution in [0.5, 0.6) is 0 Å². The minimum Gasteiger partial charge on any atom is -0.335 e. The molecule has 5 heteroatoms. The summed E-state index contributed by atoms with van der Waals surface area (Å²) in [5.74, 6) is -1.29. The molecule has 0 aliphatic carbocycles. The van der Waals surface area contributed by atoms with Gasteiger partial charge in [-0.15, -0.1) is 0 Å². The van der Waals surface area contributed by atoms with Crippen LogP contribution < -0.4 is 5.43 Å². The lowest BCUT2D eigenvalue weighted by Crippen LogP contribution is -2.41. The molecule has 0 heterocycles. The van der Waals surface area contributed by atoms with Crippen molar-refractivity contribution in [1.29, 1.82) is 0 Å². The van der Waals surface area contributed by atoms with Gasteiger partial charge in [0.15, 0.2) is 0 Å². The van der Waals surface area contributed by atoms with Gasteiger partial charge in [-0.2, -0.15) is 5.10 Å². The highest BCUT2D eigenvalue weighted by Crippen LogP contribution is 2.16. The third kappa shape index (κ3) is 3.49. The van der Waals surface area contributed by atoms with Crippen LogP contribution in [0.25, 0.3) is 10.8 Å². The van der Waals surface area contributed by atoms with Gasteiger partial charge in [-0.25, -0.2) is 5.43 Å². The van der Waals surface area contributed by atoms with Crippen molar-refractivity contribution in [2.24, 2.45) is 5.10 Å². The van der Waals surface area contributed by atoms with E-state index in [0.717, 1.165) is 16.3 Å². The number of nitrogens with one attached hydrogen (secondary N) is 1. The molecule has 0 saturated carbocycles. The monoisotopic (exact) mass is 297 g/mol. The van der Waals surface area contributed by atoms with Crippen molar-refractivity contribution in [3.63, 3.8) is 0 Å². The Morgan fingerprint density at radius 1 is 1.09 bits per heavy atom. The van der Waals surface area contributed by atoms with E-state index in [9.17, 15) is 9.59 Å². The summed E-state index contributed by atoms with van der Waals surface area (Å²) in [6.45, 7) is 4.65. The highest BCUT2D eigenvalue weighted by Gasteiger charge is 2.18. The Kier molecular flexibility index (Phi) is 5.25. The topological polar surface area (TPSA) is 61.8 Å². The SMILES string of the molecule is CCN(CC)C(=O)C(=O)N/N=C/c1cccc2ccccc12. The normalized spacial score (nSPS) is 10.8. The standard InChI is InChI=1S/C17H19N3O2/c1-3-20(4-2)17(22)16(21)19-18-12-14-10-7-9-13-8-5-6-11-15(13)14/h5-12H,3-4H2,1-2H3,(H,19,21)/b18-12+. The van der Waals surface area contributed by atoms with E-state index < -0.39 is 11.8 Å². The van der Waals surface area contributed by atoms with Gasteiger partial charge < -0.3 is 4.90 Å². The second-order valence-corrected chi connectivity index (χ2v) is 4.74. The maximum absolute atomic E-state index is 11.8. The van der Waals surface area contributed by atoms with E-state index in [2.05, 4.69) is 10.5 Å². The minimum absolute atomic E-state index is 0.496. The first-order valence-electron chi connectivity index (χ1n) is 7.27. The van der Waals surface area contributed by atoms with Crippen molar-refractivity contribution in [1.82, 2.24) is 10.3 Å². The summed E-state index contributed by atoms with van der Waals surface area (Å²) in [7, 11) is 0. The summed E-state index contributed by atoms with van der Waals surface area (Å²) in [6.07, 6.45) is 1.55. The second kappa shape index (κ2) is 7.36. The zero-order valence-electron chi connectivity index (χ0n) is 12.7. The number of likely N-dealkylation sites (N-methyl/N-ethyl adjacent to an activating group) is 1. The van der Waals surface area contributed by atoms with Crippen LogP contribution in [-0.4, -0.2) is 36.0 Å². The Bertz CT molecular complexity index is 701. The minimum atomic E-state index is -0.722. The fourth-order valence-electron chi connectivity index (χ4n) is 2.23. The number of hydrogen-bond donors (Lipinski definition) is 1. The molecular formula is C17H19N3O2. The van der Waals surface area contributed by atoms with E-state index in [-0.39, 0.29) is 0 Å². The Morgan fingerprint density at radius 2 is 1.77 bits per heavy atom. The molecule has 2 aromatic rings. The van der Waals surface area contributed by atoms with Crippen molar-refractivity contribution in [2.75, 3.05) is 13.1 Å². The van der Waals surface area contributed by atoms with Crippen molar-refractivity contribution in [3.8, 4) is 0 Å². The predicted octanol–water partition coefficient (Wildman–Crippen LogP) is 2.16. The summed E-state index contributed by atoms with van der Waals surface area (Å²) in [5, 5.41) is 6.03. The Hall–Kier alpha value is -2.69. The van der Waals surface area contributed by atoms with Gasteiger partial charge in [-0.05, 0) is 24.6 Å². The maximum Gasteiger partial charge on any atom is 0.329 e. The highest BCUT2D eigenvalue weighted by molar-refractivity contribution is 6.35. The van der Waals surface area contributed by atoms with Crippen LogP contribution in [0.15, 0.2) is 47.6 Å². The Labute approximate surface area is 129 Å². The number of hydrazone groups is 1. The average Bonchev–Trinajstić information content (AvgIpc) is 2.56. The molecule has 0 bridgehead atoms. The number of carbonyl (C=O) groups excluding carboxylic acids is 2. The van der Waals surface area contributed by atoms with E-state index in [1.165, 1.54) is 4.90 Å². The lowest BCUT2D eigenvalue weighted by atomic mass is 10.1. The third-order valence-electron chi connectivity index (χ3n) is 3.44. The molecule has 0 saturated heterocycles. The molecular weight excluding hydrogens is 278 g/mol. The second-order valence-electron chi connectivity index (χ2n) is 4.74. The number of amides is 2. The van der Waals surface area contributed by atoms with Gasteiger partial charge in [0.2, 0.25) is 0 Å². The smallest absolute Gasteiger partial charge is 0.329 e. The van der Waals surface area contributed by atoms with E-state index in [1.807, 2.05) is 56.3 Å². The third-order valence-corrected chi connectivity index (χ3v) is 3.44. The van der Waals surface area contributed by atoms with E-state index in [4.69, 9.17) is 0 Å². The molecule has 0 radical (unpaired) electrons. The number of fused-ring (bicyclic) bond motifs is 1. The number of rotatable bonds is 4. The van der Waals surface area contributed by atoms with Crippen molar-refractivity contribution in [3.05, 3.63) is 48.0 Å². The summed E-state index contributed by atoms with van der Waals surface area (Å²) in [4.78, 5) is 25.0. The molecule has 2 rings (SSSR count). The first-order chi connectivity index (χ1) is 10.7. The highest BCUT2D eigenvalue weighted by atomic mass is 16.2. The van der Waals surface area contributed by atoms with Crippen LogP contribution >= 0.6 is 0 Å². The zero-order chi connectivity index (χ0) is 15.9. The van der Waals surface area contributed by atoms with E-state index in [0.29, 0.717) is 13.1 Å². The van der Waals surface area contributed by atoms with Crippen molar-refractivity contribution in [2.45, 2.75) is 13.8 Å². The largest absolute Gasteiger partial charge is 0.335 e. The quantitative estimate of drug-likeness (QED) is 0.534. The molecule has 2 aromatic carbocycles. The van der Waals surface area contributed by atoms with Gasteiger partial charge in [0.25, 0.3) is 0 Å². The molecule has 1 N–H and O–H groups in total. The molecule has 5 nitrogen and oxygen atoms in total. The van der Waals surface area contributed by atoms with Gasteiger partial charge in [-0.3, -0.25) is 9.59 Å². The fraction of sp³-hybridized carbons (Fsp3) is 0.235. The molecule has 0 atom stereocenters. The number of carbonyl (C=O) groups is 2. The number of benzene rings is 2. The summed E-state index contributed by atoms with van der Waals surface area (Å²) >= 11 is 0. The van der Waals surface area contributed by atoms with Gasteiger partial charge in [0.1, 0.15) is 0 Å². The van der Waals surface area contributed by atoms with Gasteiger partial charge in [0.05, 0.1) is 6.21 Å². The van der Waals surface area contributed by atoms with Crippen molar-refractivity contribution >= 4 is 28.8 Å². The maximum atomic E-state index is 11.8. The average molecular weight is 297 g/mol. The van der Waals surface area contributed by atoms with Gasteiger partial charge in [-0.1, -0.05) is 42.5 Å². The molecule has 114 valence electrons. The molecule has 0 aliphatic heterocycles. The Morgan fingerprint density at radius 3 is 2.50 bits per heavy atom. The zero-order valence-corrected chi connectivity index (χ0v) is 12.7. The van der Waals surface area contributed by atoms with Crippen molar-refractivity contribution < 1.29 is 9.59 Å². The van der Waals surface area contributed by atoms with E-state index >= 15 is 0 Å². The van der Waals surface area contributed by atoms with Crippen LogP contribution in [0.2, 0.25) is 0 Å². The summed E-state index contributed by atoms with van der Waals surface area (Å²) in [6, 6.07) is 13.7. The van der Waals surface area contributed by atoms with Crippen LogP contribution in [0, 0.1) is 0 Å². The summed E-state index contributed by atoms with van der Waals surface area (Å²) in [5.41, 5.74) is 3.17. The number of hydrogen-bond acceptors (Lipinski definition) is 3. The Balaban J connectivity index is 2.09. The molecule has 0 fully saturated rings. The molecule has 0 spiro atoms. The predicted molar refractivity (Wildman–Crippen MR) is 87.6 cm³/mol. The molecule has 2 amide bonds. The first-order valence-corrected chi connectivity index (χ1v) is 7.27. The number of nitrogens with zero attached hydrogens (tertiary/aromatic N) is 2. The van der Waals surface area contributed by atoms with Crippen LogP contribution in [-0.2, 0) is 9.59 Å². The van der Waals surface area contributed by atoms with E-state index in [1.54, 1.807) is 6.21 Å². The molecule has 0 aromatic heterocycles. The molecule has 0 unspecified atom stereocenters. The first kappa shape index (κ1) is 15.7. The summed E-state index contributed by atoms with van der Waals surface area (Å²) < 4.78 is 0. The lowest BCUT2D eigenvalue weighted by molar-refractivity contribution is -0.145. The van der Waals surface area contributed by atoms with Crippen LogP contribution in [0.1, 0.15) is 19.4 Å². The van der Waals surface area contributed by atoms with Crippen LogP contribution in [0.3, 0.4) is 0 Å².